The lowest BCUT2D eigenvalue weighted by atomic mass is 10.1. The highest BCUT2D eigenvalue weighted by Crippen LogP contribution is 2.13. The van der Waals surface area contributed by atoms with E-state index in [9.17, 15) is 14.0 Å². The Kier molecular flexibility index (Phi) is 5.03. The van der Waals surface area contributed by atoms with Crippen LogP contribution in [-0.2, 0) is 4.79 Å². The van der Waals surface area contributed by atoms with Gasteiger partial charge in [-0.25, -0.2) is 4.39 Å². The Morgan fingerprint density at radius 2 is 2.00 bits per heavy atom. The van der Waals surface area contributed by atoms with Gasteiger partial charge in [0.2, 0.25) is 5.91 Å². The monoisotopic (exact) mass is 266 g/mol. The Morgan fingerprint density at radius 3 is 2.58 bits per heavy atom. The molecule has 0 fully saturated rings. The second kappa shape index (κ2) is 6.31. The Balaban J connectivity index is 2.77. The maximum Gasteiger partial charge on any atom is 0.257 e. The first-order valence-electron chi connectivity index (χ1n) is 6.13. The standard InChI is InChI=1S/C14H19FN2O2/c1-9(2)16-12(18)8-17(4)14(19)11-7-5-6-10(3)13(11)15/h5-7,9H,8H2,1-4H3,(H,16,18). The number of amides is 2. The number of carbonyl (C=O) groups excluding carboxylic acids is 2. The van der Waals surface area contributed by atoms with Crippen molar-refractivity contribution in [2.24, 2.45) is 0 Å². The van der Waals surface area contributed by atoms with Crippen molar-refractivity contribution in [3.63, 3.8) is 0 Å². The Morgan fingerprint density at radius 1 is 1.37 bits per heavy atom. The minimum absolute atomic E-state index is 0.00621. The molecule has 0 aliphatic rings. The van der Waals surface area contributed by atoms with Gasteiger partial charge in [-0.1, -0.05) is 12.1 Å². The van der Waals surface area contributed by atoms with Crippen LogP contribution in [0.4, 0.5) is 4.39 Å². The first kappa shape index (κ1) is 15.1. The van der Waals surface area contributed by atoms with Crippen LogP contribution in [0.15, 0.2) is 18.2 Å². The van der Waals surface area contributed by atoms with Gasteiger partial charge >= 0.3 is 0 Å². The largest absolute Gasteiger partial charge is 0.352 e. The number of hydrogen-bond acceptors (Lipinski definition) is 2. The van der Waals surface area contributed by atoms with Gasteiger partial charge in [0.25, 0.3) is 5.91 Å². The molecule has 5 heteroatoms. The third kappa shape index (κ3) is 4.05. The van der Waals surface area contributed by atoms with E-state index in [1.165, 1.54) is 18.0 Å². The number of rotatable bonds is 4. The van der Waals surface area contributed by atoms with E-state index in [-0.39, 0.29) is 24.1 Å². The topological polar surface area (TPSA) is 49.4 Å². The Bertz CT molecular complexity index is 486. The van der Waals surface area contributed by atoms with Crippen molar-refractivity contribution in [3.05, 3.63) is 35.1 Å². The van der Waals surface area contributed by atoms with Crippen molar-refractivity contribution in [2.75, 3.05) is 13.6 Å². The molecule has 0 aromatic heterocycles. The van der Waals surface area contributed by atoms with Gasteiger partial charge in [-0.15, -0.1) is 0 Å². The summed E-state index contributed by atoms with van der Waals surface area (Å²) in [5.41, 5.74) is 0.394. The molecular weight excluding hydrogens is 247 g/mol. The van der Waals surface area contributed by atoms with E-state index in [0.717, 1.165) is 0 Å². The molecular formula is C14H19FN2O2. The van der Waals surface area contributed by atoms with Crippen molar-refractivity contribution < 1.29 is 14.0 Å². The summed E-state index contributed by atoms with van der Waals surface area (Å²) in [5, 5.41) is 2.68. The van der Waals surface area contributed by atoms with Crippen LogP contribution < -0.4 is 5.32 Å². The number of carbonyl (C=O) groups is 2. The van der Waals surface area contributed by atoms with Crippen LogP contribution >= 0.6 is 0 Å². The average Bonchev–Trinajstić information content (AvgIpc) is 2.30. The molecule has 19 heavy (non-hydrogen) atoms. The lowest BCUT2D eigenvalue weighted by Crippen LogP contribution is -2.41. The smallest absolute Gasteiger partial charge is 0.257 e. The second-order valence-corrected chi connectivity index (χ2v) is 4.82. The van der Waals surface area contributed by atoms with Crippen LogP contribution in [0.25, 0.3) is 0 Å². The summed E-state index contributed by atoms with van der Waals surface area (Å²) in [6.07, 6.45) is 0. The highest BCUT2D eigenvalue weighted by Gasteiger charge is 2.19. The maximum absolute atomic E-state index is 13.8. The third-order valence-electron chi connectivity index (χ3n) is 2.60. The molecule has 0 heterocycles. The first-order chi connectivity index (χ1) is 8.82. The van der Waals surface area contributed by atoms with E-state index in [2.05, 4.69) is 5.32 Å². The number of hydrogen-bond donors (Lipinski definition) is 1. The summed E-state index contributed by atoms with van der Waals surface area (Å²) >= 11 is 0. The average molecular weight is 266 g/mol. The predicted molar refractivity (Wildman–Crippen MR) is 71.4 cm³/mol. The van der Waals surface area contributed by atoms with Gasteiger partial charge < -0.3 is 10.2 Å². The molecule has 1 N–H and O–H groups in total. The van der Waals surface area contributed by atoms with E-state index >= 15 is 0 Å². The molecule has 0 spiro atoms. The van der Waals surface area contributed by atoms with Crippen LogP contribution in [0.5, 0.6) is 0 Å². The minimum Gasteiger partial charge on any atom is -0.352 e. The molecule has 0 saturated carbocycles. The van der Waals surface area contributed by atoms with Crippen molar-refractivity contribution >= 4 is 11.8 Å². The molecule has 2 amide bonds. The van der Waals surface area contributed by atoms with Crippen LogP contribution in [0, 0.1) is 12.7 Å². The van der Waals surface area contributed by atoms with Gasteiger partial charge in [-0.3, -0.25) is 9.59 Å². The highest BCUT2D eigenvalue weighted by molar-refractivity contribution is 5.96. The summed E-state index contributed by atoms with van der Waals surface area (Å²) in [6, 6.07) is 4.64. The third-order valence-corrected chi connectivity index (χ3v) is 2.60. The summed E-state index contributed by atoms with van der Waals surface area (Å²) in [7, 11) is 1.48. The fourth-order valence-corrected chi connectivity index (χ4v) is 1.67. The molecule has 0 unspecified atom stereocenters. The molecule has 1 aromatic rings. The number of likely N-dealkylation sites (N-methyl/N-ethyl adjacent to an activating group) is 1. The predicted octanol–water partition coefficient (Wildman–Crippen LogP) is 1.73. The number of nitrogens with one attached hydrogen (secondary N) is 1. The molecule has 4 nitrogen and oxygen atoms in total. The van der Waals surface area contributed by atoms with Gasteiger partial charge in [0.1, 0.15) is 5.82 Å². The van der Waals surface area contributed by atoms with Crippen molar-refractivity contribution in [3.8, 4) is 0 Å². The van der Waals surface area contributed by atoms with Gasteiger partial charge in [-0.05, 0) is 32.4 Å². The van der Waals surface area contributed by atoms with Crippen LogP contribution in [0.2, 0.25) is 0 Å². The van der Waals surface area contributed by atoms with Crippen LogP contribution in [-0.4, -0.2) is 36.3 Å². The summed E-state index contributed by atoms with van der Waals surface area (Å²) in [4.78, 5) is 24.8. The van der Waals surface area contributed by atoms with Crippen LogP contribution in [0.3, 0.4) is 0 Å². The summed E-state index contributed by atoms with van der Waals surface area (Å²) < 4.78 is 13.8. The molecule has 0 aliphatic carbocycles. The van der Waals surface area contributed by atoms with E-state index in [0.29, 0.717) is 5.56 Å². The molecule has 0 bridgehead atoms. The second-order valence-electron chi connectivity index (χ2n) is 4.82. The SMILES string of the molecule is Cc1cccc(C(=O)N(C)CC(=O)NC(C)C)c1F. The van der Waals surface area contributed by atoms with Crippen molar-refractivity contribution in [2.45, 2.75) is 26.8 Å². The van der Waals surface area contributed by atoms with Gasteiger partial charge in [-0.2, -0.15) is 0 Å². The zero-order chi connectivity index (χ0) is 14.6. The fourth-order valence-electron chi connectivity index (χ4n) is 1.67. The highest BCUT2D eigenvalue weighted by atomic mass is 19.1. The van der Waals surface area contributed by atoms with Gasteiger partial charge in [0, 0.05) is 13.1 Å². The number of nitrogens with zero attached hydrogens (tertiary/aromatic N) is 1. The van der Waals surface area contributed by atoms with E-state index < -0.39 is 11.7 Å². The quantitative estimate of drug-likeness (QED) is 0.902. The lowest BCUT2D eigenvalue weighted by Gasteiger charge is -2.18. The summed E-state index contributed by atoms with van der Waals surface area (Å²) in [6.45, 7) is 5.17. The normalized spacial score (nSPS) is 10.4. The maximum atomic E-state index is 13.8. The Hall–Kier alpha value is -1.91. The lowest BCUT2D eigenvalue weighted by molar-refractivity contribution is -0.122. The van der Waals surface area contributed by atoms with Gasteiger partial charge in [0.15, 0.2) is 0 Å². The number of halogens is 1. The zero-order valence-corrected chi connectivity index (χ0v) is 11.7. The van der Waals surface area contributed by atoms with Crippen LogP contribution in [0.1, 0.15) is 29.8 Å². The van der Waals surface area contributed by atoms with Crippen molar-refractivity contribution in [1.29, 1.82) is 0 Å². The van der Waals surface area contributed by atoms with Gasteiger partial charge in [0.05, 0.1) is 12.1 Å². The molecule has 0 saturated heterocycles. The molecule has 104 valence electrons. The van der Waals surface area contributed by atoms with E-state index in [4.69, 9.17) is 0 Å². The Labute approximate surface area is 112 Å². The fraction of sp³-hybridized carbons (Fsp3) is 0.429. The zero-order valence-electron chi connectivity index (χ0n) is 11.7. The molecule has 0 aliphatic heterocycles. The molecule has 0 atom stereocenters. The molecule has 1 rings (SSSR count). The van der Waals surface area contributed by atoms with E-state index in [1.807, 2.05) is 13.8 Å². The summed E-state index contributed by atoms with van der Waals surface area (Å²) in [5.74, 6) is -1.30. The van der Waals surface area contributed by atoms with Crippen molar-refractivity contribution in [1.82, 2.24) is 10.2 Å². The number of aryl methyl sites for hydroxylation is 1. The molecule has 1 aromatic carbocycles. The first-order valence-corrected chi connectivity index (χ1v) is 6.13. The minimum atomic E-state index is -0.538. The number of benzene rings is 1. The molecule has 0 radical (unpaired) electrons. The van der Waals surface area contributed by atoms with E-state index in [1.54, 1.807) is 19.1 Å².